The molecule has 0 saturated carbocycles. The summed E-state index contributed by atoms with van der Waals surface area (Å²) in [5.74, 6) is 0.156. The van der Waals surface area contributed by atoms with Gasteiger partial charge in [0.05, 0.1) is 5.54 Å². The van der Waals surface area contributed by atoms with Crippen molar-refractivity contribution in [2.75, 3.05) is 18.0 Å². The average molecular weight is 232 g/mol. The molecule has 1 aliphatic heterocycles. The van der Waals surface area contributed by atoms with Crippen LogP contribution in [0.15, 0.2) is 30.3 Å². The normalized spacial score (nSPS) is 20.8. The molecule has 1 amide bonds. The van der Waals surface area contributed by atoms with Gasteiger partial charge in [0.15, 0.2) is 0 Å². The topological polar surface area (TPSA) is 32.3 Å². The van der Waals surface area contributed by atoms with Gasteiger partial charge in [-0.3, -0.25) is 4.79 Å². The molecule has 1 N–H and O–H groups in total. The van der Waals surface area contributed by atoms with Gasteiger partial charge in [0.25, 0.3) is 0 Å². The first-order valence-electron chi connectivity index (χ1n) is 6.23. The van der Waals surface area contributed by atoms with Crippen LogP contribution < -0.4 is 10.2 Å². The second-order valence-electron chi connectivity index (χ2n) is 5.05. The Hall–Kier alpha value is -1.35. The zero-order valence-corrected chi connectivity index (χ0v) is 10.6. The van der Waals surface area contributed by atoms with Gasteiger partial charge in [0, 0.05) is 12.2 Å². The van der Waals surface area contributed by atoms with E-state index in [1.54, 1.807) is 0 Å². The van der Waals surface area contributed by atoms with Crippen molar-refractivity contribution in [2.45, 2.75) is 32.2 Å². The van der Waals surface area contributed by atoms with Crippen LogP contribution in [-0.2, 0) is 4.79 Å². The van der Waals surface area contributed by atoms with E-state index in [-0.39, 0.29) is 5.91 Å². The lowest BCUT2D eigenvalue weighted by Gasteiger charge is -2.35. The number of carbonyl (C=O) groups excluding carboxylic acids is 1. The van der Waals surface area contributed by atoms with Crippen molar-refractivity contribution in [1.82, 2.24) is 5.32 Å². The first-order valence-corrected chi connectivity index (χ1v) is 6.23. The Labute approximate surface area is 103 Å². The molecule has 0 aliphatic carbocycles. The van der Waals surface area contributed by atoms with Crippen LogP contribution in [0.1, 0.15) is 26.7 Å². The number of para-hydroxylation sites is 1. The molecule has 1 saturated heterocycles. The number of hydrogen-bond acceptors (Lipinski definition) is 2. The summed E-state index contributed by atoms with van der Waals surface area (Å²) in [7, 11) is 0. The third-order valence-corrected chi connectivity index (χ3v) is 3.22. The molecular weight excluding hydrogens is 212 g/mol. The highest BCUT2D eigenvalue weighted by Gasteiger charge is 2.33. The third-order valence-electron chi connectivity index (χ3n) is 3.22. The molecule has 0 spiro atoms. The predicted molar refractivity (Wildman–Crippen MR) is 70.1 cm³/mol. The molecule has 0 atom stereocenters. The first kappa shape index (κ1) is 12.1. The monoisotopic (exact) mass is 232 g/mol. The first-order chi connectivity index (χ1) is 8.11. The molecule has 3 heteroatoms. The number of nitrogens with one attached hydrogen (secondary N) is 1. The largest absolute Gasteiger partial charge is 0.311 e. The van der Waals surface area contributed by atoms with Crippen LogP contribution >= 0.6 is 0 Å². The van der Waals surface area contributed by atoms with Crippen molar-refractivity contribution < 1.29 is 4.79 Å². The summed E-state index contributed by atoms with van der Waals surface area (Å²) in [5.41, 5.74) is 0.519. The molecule has 1 aliphatic rings. The lowest BCUT2D eigenvalue weighted by atomic mass is 10.0. The second-order valence-corrected chi connectivity index (χ2v) is 5.05. The van der Waals surface area contributed by atoms with Crippen molar-refractivity contribution in [1.29, 1.82) is 0 Å². The number of benzene rings is 1. The van der Waals surface area contributed by atoms with Gasteiger partial charge >= 0.3 is 0 Å². The van der Waals surface area contributed by atoms with Crippen molar-refractivity contribution >= 4 is 11.6 Å². The van der Waals surface area contributed by atoms with Crippen LogP contribution in [-0.4, -0.2) is 24.5 Å². The highest BCUT2D eigenvalue weighted by molar-refractivity contribution is 5.99. The smallest absolute Gasteiger partial charge is 0.246 e. The van der Waals surface area contributed by atoms with E-state index in [1.807, 2.05) is 49.1 Å². The number of rotatable bonds is 1. The quantitative estimate of drug-likeness (QED) is 0.805. The Kier molecular flexibility index (Phi) is 3.48. The van der Waals surface area contributed by atoms with Crippen LogP contribution in [0.25, 0.3) is 0 Å². The molecule has 3 nitrogen and oxygen atoms in total. The molecule has 1 fully saturated rings. The molecule has 0 bridgehead atoms. The molecule has 0 radical (unpaired) electrons. The average Bonchev–Trinajstić information content (AvgIpc) is 2.32. The molecule has 1 aromatic carbocycles. The molecule has 17 heavy (non-hydrogen) atoms. The maximum absolute atomic E-state index is 12.5. The maximum Gasteiger partial charge on any atom is 0.246 e. The predicted octanol–water partition coefficient (Wildman–Crippen LogP) is 2.18. The van der Waals surface area contributed by atoms with Crippen LogP contribution in [0, 0.1) is 0 Å². The van der Waals surface area contributed by atoms with E-state index in [0.29, 0.717) is 0 Å². The summed E-state index contributed by atoms with van der Waals surface area (Å²) in [4.78, 5) is 14.4. The van der Waals surface area contributed by atoms with E-state index in [4.69, 9.17) is 0 Å². The Morgan fingerprint density at radius 3 is 2.59 bits per heavy atom. The second kappa shape index (κ2) is 4.88. The van der Waals surface area contributed by atoms with E-state index in [9.17, 15) is 4.79 Å². The fourth-order valence-corrected chi connectivity index (χ4v) is 2.16. The minimum Gasteiger partial charge on any atom is -0.311 e. The lowest BCUT2D eigenvalue weighted by molar-refractivity contribution is -0.124. The highest BCUT2D eigenvalue weighted by Crippen LogP contribution is 2.20. The molecule has 1 heterocycles. The lowest BCUT2D eigenvalue weighted by Crippen LogP contribution is -2.56. The summed E-state index contributed by atoms with van der Waals surface area (Å²) in [6.07, 6.45) is 2.16. The van der Waals surface area contributed by atoms with Crippen LogP contribution in [0.5, 0.6) is 0 Å². The van der Waals surface area contributed by atoms with Gasteiger partial charge in [-0.25, -0.2) is 0 Å². The number of nitrogens with zero attached hydrogens (tertiary/aromatic N) is 1. The Morgan fingerprint density at radius 1 is 1.18 bits per heavy atom. The summed E-state index contributed by atoms with van der Waals surface area (Å²) in [6.45, 7) is 5.64. The minimum atomic E-state index is -0.476. The van der Waals surface area contributed by atoms with E-state index in [1.165, 1.54) is 0 Å². The zero-order chi connectivity index (χ0) is 12.3. The van der Waals surface area contributed by atoms with E-state index in [0.717, 1.165) is 31.6 Å². The minimum absolute atomic E-state index is 0.156. The zero-order valence-electron chi connectivity index (χ0n) is 10.6. The van der Waals surface area contributed by atoms with Gasteiger partial charge in [-0.1, -0.05) is 18.2 Å². The number of carbonyl (C=O) groups is 1. The fraction of sp³-hybridized carbons (Fsp3) is 0.500. The summed E-state index contributed by atoms with van der Waals surface area (Å²) in [5, 5.41) is 3.32. The SMILES string of the molecule is CC1(C)NCCCCN(c2ccccc2)C1=O. The third kappa shape index (κ3) is 2.67. The van der Waals surface area contributed by atoms with Crippen molar-refractivity contribution in [3.8, 4) is 0 Å². The number of anilines is 1. The van der Waals surface area contributed by atoms with Crippen molar-refractivity contribution in [3.63, 3.8) is 0 Å². The summed E-state index contributed by atoms with van der Waals surface area (Å²) >= 11 is 0. The molecular formula is C14H20N2O. The van der Waals surface area contributed by atoms with Crippen molar-refractivity contribution in [2.24, 2.45) is 0 Å². The molecule has 92 valence electrons. The van der Waals surface area contributed by atoms with Crippen LogP contribution in [0.3, 0.4) is 0 Å². The van der Waals surface area contributed by atoms with Gasteiger partial charge in [-0.2, -0.15) is 0 Å². The Bertz CT molecular complexity index is 386. The van der Waals surface area contributed by atoms with Gasteiger partial charge < -0.3 is 10.2 Å². The number of hydrogen-bond donors (Lipinski definition) is 1. The molecule has 0 unspecified atom stereocenters. The standard InChI is InChI=1S/C14H20N2O/c1-14(2)13(17)16(11-7-6-10-15-14)12-8-4-3-5-9-12/h3-5,8-9,15H,6-7,10-11H2,1-2H3. The van der Waals surface area contributed by atoms with Gasteiger partial charge in [0.1, 0.15) is 0 Å². The van der Waals surface area contributed by atoms with E-state index >= 15 is 0 Å². The van der Waals surface area contributed by atoms with Crippen LogP contribution in [0.2, 0.25) is 0 Å². The Balaban J connectivity index is 2.27. The highest BCUT2D eigenvalue weighted by atomic mass is 16.2. The Morgan fingerprint density at radius 2 is 1.88 bits per heavy atom. The fourth-order valence-electron chi connectivity index (χ4n) is 2.16. The van der Waals surface area contributed by atoms with Gasteiger partial charge in [0.2, 0.25) is 5.91 Å². The van der Waals surface area contributed by atoms with Crippen LogP contribution in [0.4, 0.5) is 5.69 Å². The number of amides is 1. The van der Waals surface area contributed by atoms with E-state index in [2.05, 4.69) is 5.32 Å². The molecule has 1 aromatic rings. The molecule has 0 aromatic heterocycles. The van der Waals surface area contributed by atoms with Crippen molar-refractivity contribution in [3.05, 3.63) is 30.3 Å². The van der Waals surface area contributed by atoms with E-state index < -0.39 is 5.54 Å². The molecule has 2 rings (SSSR count). The van der Waals surface area contributed by atoms with Gasteiger partial charge in [-0.15, -0.1) is 0 Å². The summed E-state index contributed by atoms with van der Waals surface area (Å²) in [6, 6.07) is 9.91. The van der Waals surface area contributed by atoms with Gasteiger partial charge in [-0.05, 0) is 45.4 Å². The maximum atomic E-state index is 12.5. The summed E-state index contributed by atoms with van der Waals surface area (Å²) < 4.78 is 0.